The van der Waals surface area contributed by atoms with E-state index in [1.165, 1.54) is 0 Å². The van der Waals surface area contributed by atoms with Gasteiger partial charge in [0.05, 0.1) is 12.3 Å². The Kier molecular flexibility index (Phi) is 9.83. The fourth-order valence-corrected chi connectivity index (χ4v) is 4.81. The number of aromatic nitrogens is 2. The molecule has 0 spiro atoms. The van der Waals surface area contributed by atoms with Crippen molar-refractivity contribution in [3.05, 3.63) is 107 Å². The van der Waals surface area contributed by atoms with Gasteiger partial charge in [-0.15, -0.1) is 0 Å². The number of carbonyl (C=O) groups is 1. The van der Waals surface area contributed by atoms with E-state index in [0.717, 1.165) is 17.5 Å². The molecule has 0 saturated carbocycles. The third kappa shape index (κ3) is 7.76. The largest absolute Gasteiger partial charge is 0.494 e. The van der Waals surface area contributed by atoms with Crippen molar-refractivity contribution in [2.45, 2.75) is 59.0 Å². The van der Waals surface area contributed by atoms with Crippen LogP contribution in [0.2, 0.25) is 0 Å². The molecule has 0 unspecified atom stereocenters. The van der Waals surface area contributed by atoms with Crippen LogP contribution in [0, 0.1) is 0 Å². The zero-order chi connectivity index (χ0) is 29.4. The highest BCUT2D eigenvalue weighted by Gasteiger charge is 2.39. The van der Waals surface area contributed by atoms with Gasteiger partial charge in [0.1, 0.15) is 11.6 Å². The molecule has 4 aromatic rings. The summed E-state index contributed by atoms with van der Waals surface area (Å²) in [6, 6.07) is 23.4. The molecule has 2 N–H and O–H groups in total. The predicted octanol–water partition coefficient (Wildman–Crippen LogP) is 7.07. The number of carbonyl (C=O) groups excluding carboxylic acids is 1. The number of unbranched alkanes of at least 4 members (excludes halogenated alkanes) is 1. The van der Waals surface area contributed by atoms with E-state index in [1.54, 1.807) is 53.1 Å². The molecule has 0 atom stereocenters. The lowest BCUT2D eigenvalue weighted by atomic mass is 10.1. The van der Waals surface area contributed by atoms with E-state index in [-0.39, 0.29) is 12.2 Å². The van der Waals surface area contributed by atoms with Crippen LogP contribution in [-0.2, 0) is 32.4 Å². The quantitative estimate of drug-likeness (QED) is 0.189. The third-order valence-corrected chi connectivity index (χ3v) is 6.74. The summed E-state index contributed by atoms with van der Waals surface area (Å²) in [5.74, 6) is 0.473. The van der Waals surface area contributed by atoms with Gasteiger partial charge in [-0.3, -0.25) is 9.69 Å². The van der Waals surface area contributed by atoms with Gasteiger partial charge in [0.2, 0.25) is 5.91 Å². The summed E-state index contributed by atoms with van der Waals surface area (Å²) in [6.45, 7) is 5.55. The van der Waals surface area contributed by atoms with Gasteiger partial charge < -0.3 is 15.0 Å². The molecule has 0 bridgehead atoms. The maximum Gasteiger partial charge on any atom is 0.435 e. The molecule has 41 heavy (non-hydrogen) atoms. The van der Waals surface area contributed by atoms with Gasteiger partial charge in [0, 0.05) is 37.3 Å². The van der Waals surface area contributed by atoms with E-state index in [9.17, 15) is 18.0 Å². The van der Waals surface area contributed by atoms with Gasteiger partial charge in [-0.1, -0.05) is 67.9 Å². The van der Waals surface area contributed by atoms with Gasteiger partial charge in [0.15, 0.2) is 5.69 Å². The summed E-state index contributed by atoms with van der Waals surface area (Å²) in [7, 11) is 0. The Morgan fingerprint density at radius 3 is 2.27 bits per heavy atom. The monoisotopic (exact) mass is 564 g/mol. The van der Waals surface area contributed by atoms with E-state index >= 15 is 0 Å². The highest BCUT2D eigenvalue weighted by atomic mass is 19.4. The number of halogens is 3. The summed E-state index contributed by atoms with van der Waals surface area (Å²) in [4.78, 5) is 17.7. The molecule has 1 aromatic heterocycles. The van der Waals surface area contributed by atoms with Gasteiger partial charge >= 0.3 is 6.18 Å². The Morgan fingerprint density at radius 1 is 0.927 bits per heavy atom. The average molecular weight is 565 g/mol. The van der Waals surface area contributed by atoms with Crippen molar-refractivity contribution in [1.29, 1.82) is 0 Å². The number of amides is 1. The Bertz CT molecular complexity index is 1430. The molecule has 0 aliphatic heterocycles. The van der Waals surface area contributed by atoms with Crippen molar-refractivity contribution < 1.29 is 22.7 Å². The smallest absolute Gasteiger partial charge is 0.435 e. The lowest BCUT2D eigenvalue weighted by molar-refractivity contribution is -0.141. The Hall–Kier alpha value is -4.11. The number of ether oxygens (including phenoxy) is 1. The fourth-order valence-electron chi connectivity index (χ4n) is 4.81. The van der Waals surface area contributed by atoms with Crippen molar-refractivity contribution in [2.75, 3.05) is 6.61 Å². The maximum absolute atomic E-state index is 14.5. The predicted molar refractivity (Wildman–Crippen MR) is 153 cm³/mol. The molecule has 0 aliphatic rings. The fraction of sp³-hybridized carbons (Fsp3) is 0.312. The summed E-state index contributed by atoms with van der Waals surface area (Å²) in [5.41, 5.74) is 7.40. The first-order valence-corrected chi connectivity index (χ1v) is 13.7. The maximum atomic E-state index is 14.5. The first-order valence-electron chi connectivity index (χ1n) is 13.7. The van der Waals surface area contributed by atoms with Gasteiger partial charge in [-0.25, -0.2) is 4.98 Å². The van der Waals surface area contributed by atoms with Crippen LogP contribution >= 0.6 is 0 Å². The van der Waals surface area contributed by atoms with E-state index < -0.39 is 17.8 Å². The number of hydrogen-bond acceptors (Lipinski definition) is 4. The van der Waals surface area contributed by atoms with Gasteiger partial charge in [0.25, 0.3) is 0 Å². The molecule has 4 rings (SSSR count). The highest BCUT2D eigenvalue weighted by Crippen LogP contribution is 2.36. The van der Waals surface area contributed by atoms with E-state index in [4.69, 9.17) is 10.5 Å². The van der Waals surface area contributed by atoms with Crippen LogP contribution in [0.5, 0.6) is 5.75 Å². The first-order chi connectivity index (χ1) is 19.7. The van der Waals surface area contributed by atoms with Crippen LogP contribution in [0.4, 0.5) is 13.2 Å². The molecule has 3 aromatic carbocycles. The van der Waals surface area contributed by atoms with Crippen LogP contribution in [-0.4, -0.2) is 27.0 Å². The Labute approximate surface area is 238 Å². The van der Waals surface area contributed by atoms with E-state index in [1.807, 2.05) is 49.1 Å². The minimum atomic E-state index is -4.62. The second kappa shape index (κ2) is 13.5. The van der Waals surface area contributed by atoms with Crippen LogP contribution in [0.15, 0.2) is 78.9 Å². The topological polar surface area (TPSA) is 73.4 Å². The molecular weight excluding hydrogens is 529 g/mol. The molecule has 6 nitrogen and oxygen atoms in total. The number of primary amides is 1. The second-order valence-electron chi connectivity index (χ2n) is 9.89. The summed E-state index contributed by atoms with van der Waals surface area (Å²) in [5, 5.41) is 0. The van der Waals surface area contributed by atoms with E-state index in [0.29, 0.717) is 55.4 Å². The Morgan fingerprint density at radius 2 is 1.63 bits per heavy atom. The number of hydrogen-bond donors (Lipinski definition) is 1. The van der Waals surface area contributed by atoms with Crippen molar-refractivity contribution in [3.63, 3.8) is 0 Å². The van der Waals surface area contributed by atoms with Crippen LogP contribution < -0.4 is 10.5 Å². The molecule has 1 amide bonds. The summed E-state index contributed by atoms with van der Waals surface area (Å²) in [6.07, 6.45) is -3.08. The average Bonchev–Trinajstić information content (AvgIpc) is 3.31. The van der Waals surface area contributed by atoms with E-state index in [2.05, 4.69) is 4.98 Å². The number of benzene rings is 3. The van der Waals surface area contributed by atoms with Crippen molar-refractivity contribution in [1.82, 2.24) is 14.5 Å². The number of imidazole rings is 1. The van der Waals surface area contributed by atoms with Crippen molar-refractivity contribution in [2.24, 2.45) is 5.73 Å². The normalized spacial score (nSPS) is 11.7. The Balaban J connectivity index is 1.78. The minimum absolute atomic E-state index is 0.00875. The lowest BCUT2D eigenvalue weighted by Gasteiger charge is -2.25. The first kappa shape index (κ1) is 29.9. The lowest BCUT2D eigenvalue weighted by Crippen LogP contribution is -2.26. The summed E-state index contributed by atoms with van der Waals surface area (Å²) < 4.78 is 50.8. The molecule has 1 heterocycles. The number of rotatable bonds is 13. The zero-order valence-corrected chi connectivity index (χ0v) is 23.3. The number of alkyl halides is 3. The number of nitrogens with zero attached hydrogens (tertiary/aromatic N) is 3. The van der Waals surface area contributed by atoms with Crippen LogP contribution in [0.1, 0.15) is 59.6 Å². The third-order valence-electron chi connectivity index (χ3n) is 6.74. The molecular formula is C32H35F3N4O2. The second-order valence-corrected chi connectivity index (χ2v) is 9.89. The van der Waals surface area contributed by atoms with Gasteiger partial charge in [-0.05, 0) is 48.7 Å². The highest BCUT2D eigenvalue weighted by molar-refractivity contribution is 5.92. The minimum Gasteiger partial charge on any atom is -0.494 e. The van der Waals surface area contributed by atoms with Crippen LogP contribution in [0.3, 0.4) is 0 Å². The molecule has 0 saturated heterocycles. The molecule has 0 radical (unpaired) electrons. The van der Waals surface area contributed by atoms with Crippen molar-refractivity contribution in [3.8, 4) is 17.1 Å². The van der Waals surface area contributed by atoms with Crippen LogP contribution in [0.25, 0.3) is 11.4 Å². The molecule has 216 valence electrons. The molecule has 0 aliphatic carbocycles. The standard InChI is InChI=1S/C32H35F3N4O2/c1-3-5-18-39-28(29(32(33,34)35)37-31(39)26-11-7-6-8-12-26)22-38(20-23-14-16-25(17-15-23)30(36)40)21-24-10-9-13-27(19-24)41-4-2/h6-17,19H,3-5,18,20-22H2,1-2H3,(H2,36,40). The molecule has 0 fully saturated rings. The summed E-state index contributed by atoms with van der Waals surface area (Å²) >= 11 is 0. The molecule has 9 heteroatoms. The van der Waals surface area contributed by atoms with Crippen molar-refractivity contribution >= 4 is 5.91 Å². The number of nitrogens with two attached hydrogens (primary N) is 1. The zero-order valence-electron chi connectivity index (χ0n) is 23.3. The van der Waals surface area contributed by atoms with Gasteiger partial charge in [-0.2, -0.15) is 13.2 Å². The SMILES string of the molecule is CCCCn1c(-c2ccccc2)nc(C(F)(F)F)c1CN(Cc1ccc(C(N)=O)cc1)Cc1cccc(OCC)c1.